The van der Waals surface area contributed by atoms with E-state index in [-0.39, 0.29) is 22.9 Å². The molecule has 0 saturated heterocycles. The van der Waals surface area contributed by atoms with E-state index >= 15 is 0 Å². The third kappa shape index (κ3) is 2.64. The predicted molar refractivity (Wildman–Crippen MR) is 107 cm³/mol. The maximum absolute atomic E-state index is 13.3. The predicted octanol–water partition coefficient (Wildman–Crippen LogP) is 4.60. The average molecular weight is 371 g/mol. The van der Waals surface area contributed by atoms with Crippen LogP contribution in [0.4, 0.5) is 0 Å². The molecular formula is C24H21NO3. The van der Waals surface area contributed by atoms with Gasteiger partial charge in [0.25, 0.3) is 0 Å². The summed E-state index contributed by atoms with van der Waals surface area (Å²) in [6.45, 7) is 4.51. The molecule has 1 aliphatic carbocycles. The van der Waals surface area contributed by atoms with Gasteiger partial charge in [-0.2, -0.15) is 0 Å². The number of fused-ring (bicyclic) bond motifs is 2. The highest BCUT2D eigenvalue weighted by Gasteiger charge is 2.38. The van der Waals surface area contributed by atoms with Crippen molar-refractivity contribution in [2.45, 2.75) is 33.2 Å². The van der Waals surface area contributed by atoms with Gasteiger partial charge in [0.2, 0.25) is 5.78 Å². The SMILES string of the molecule is CCCCn1c(C)c(C(=O)c2ccccc2)c2c1C(=O)c1ccccc1C2=O. The van der Waals surface area contributed by atoms with E-state index in [1.807, 2.05) is 17.6 Å². The molecular weight excluding hydrogens is 350 g/mol. The molecule has 4 nitrogen and oxygen atoms in total. The fourth-order valence-electron chi connectivity index (χ4n) is 3.94. The van der Waals surface area contributed by atoms with Crippen molar-refractivity contribution in [1.29, 1.82) is 0 Å². The summed E-state index contributed by atoms with van der Waals surface area (Å²) in [5, 5.41) is 0. The van der Waals surface area contributed by atoms with Crippen LogP contribution in [0.15, 0.2) is 54.6 Å². The highest BCUT2D eigenvalue weighted by atomic mass is 16.1. The van der Waals surface area contributed by atoms with E-state index in [9.17, 15) is 14.4 Å². The number of carbonyl (C=O) groups excluding carboxylic acids is 3. The summed E-state index contributed by atoms with van der Waals surface area (Å²) in [6.07, 6.45) is 1.82. The molecule has 0 atom stereocenters. The van der Waals surface area contributed by atoms with Crippen LogP contribution in [-0.2, 0) is 6.54 Å². The zero-order valence-electron chi connectivity index (χ0n) is 16.0. The van der Waals surface area contributed by atoms with Gasteiger partial charge >= 0.3 is 0 Å². The second kappa shape index (κ2) is 7.04. The highest BCUT2D eigenvalue weighted by molar-refractivity contribution is 6.32. The number of aromatic nitrogens is 1. The van der Waals surface area contributed by atoms with Gasteiger partial charge in [-0.3, -0.25) is 14.4 Å². The lowest BCUT2D eigenvalue weighted by molar-refractivity contribution is 0.0968. The molecule has 1 aromatic heterocycles. The van der Waals surface area contributed by atoms with Gasteiger partial charge < -0.3 is 4.57 Å². The van der Waals surface area contributed by atoms with Crippen LogP contribution in [0.1, 0.15) is 73.4 Å². The summed E-state index contributed by atoms with van der Waals surface area (Å²) in [6, 6.07) is 15.8. The molecule has 2 aromatic carbocycles. The Hall–Kier alpha value is -3.27. The van der Waals surface area contributed by atoms with Gasteiger partial charge in [0.15, 0.2) is 11.6 Å². The van der Waals surface area contributed by atoms with E-state index in [0.29, 0.717) is 40.2 Å². The van der Waals surface area contributed by atoms with Gasteiger partial charge in [0.1, 0.15) is 5.69 Å². The van der Waals surface area contributed by atoms with Crippen molar-refractivity contribution in [3.05, 3.63) is 93.8 Å². The lowest BCUT2D eigenvalue weighted by atomic mass is 9.84. The van der Waals surface area contributed by atoms with Crippen LogP contribution >= 0.6 is 0 Å². The topological polar surface area (TPSA) is 56.1 Å². The standard InChI is InChI=1S/C24H21NO3/c1-3-4-14-25-15(2)19(22(26)16-10-6-5-7-11-16)20-21(25)24(28)18-13-9-8-12-17(18)23(20)27/h5-13H,3-4,14H2,1-2H3. The van der Waals surface area contributed by atoms with Crippen LogP contribution < -0.4 is 0 Å². The molecule has 0 radical (unpaired) electrons. The molecule has 0 aliphatic heterocycles. The quantitative estimate of drug-likeness (QED) is 0.482. The van der Waals surface area contributed by atoms with Gasteiger partial charge in [-0.05, 0) is 13.3 Å². The van der Waals surface area contributed by atoms with Crippen LogP contribution in [0, 0.1) is 6.92 Å². The van der Waals surface area contributed by atoms with Crippen molar-refractivity contribution in [1.82, 2.24) is 4.57 Å². The Balaban J connectivity index is 1.99. The van der Waals surface area contributed by atoms with E-state index in [2.05, 4.69) is 6.92 Å². The minimum Gasteiger partial charge on any atom is -0.341 e. The number of ketones is 3. The molecule has 0 unspecified atom stereocenters. The molecule has 0 fully saturated rings. The van der Waals surface area contributed by atoms with Crippen molar-refractivity contribution in [3.63, 3.8) is 0 Å². The third-order valence-corrected chi connectivity index (χ3v) is 5.38. The largest absolute Gasteiger partial charge is 0.341 e. The summed E-state index contributed by atoms with van der Waals surface area (Å²) in [4.78, 5) is 39.9. The van der Waals surface area contributed by atoms with E-state index in [1.54, 1.807) is 48.5 Å². The summed E-state index contributed by atoms with van der Waals surface area (Å²) in [7, 11) is 0. The Morgan fingerprint density at radius 1 is 0.893 bits per heavy atom. The lowest BCUT2D eigenvalue weighted by Crippen LogP contribution is -2.24. The van der Waals surface area contributed by atoms with Gasteiger partial charge in [-0.15, -0.1) is 0 Å². The smallest absolute Gasteiger partial charge is 0.210 e. The summed E-state index contributed by atoms with van der Waals surface area (Å²) in [5.41, 5.74) is 2.94. The number of unbranched alkanes of at least 4 members (excludes halogenated alkanes) is 1. The first-order valence-electron chi connectivity index (χ1n) is 9.57. The Labute approximate surface area is 163 Å². The molecule has 1 heterocycles. The first-order chi connectivity index (χ1) is 13.6. The van der Waals surface area contributed by atoms with E-state index < -0.39 is 0 Å². The molecule has 0 N–H and O–H groups in total. The van der Waals surface area contributed by atoms with Crippen molar-refractivity contribution in [3.8, 4) is 0 Å². The van der Waals surface area contributed by atoms with Gasteiger partial charge in [-0.25, -0.2) is 0 Å². The Morgan fingerprint density at radius 3 is 2.14 bits per heavy atom. The second-order valence-corrected chi connectivity index (χ2v) is 7.09. The number of hydrogen-bond acceptors (Lipinski definition) is 3. The van der Waals surface area contributed by atoms with Gasteiger partial charge in [0.05, 0.1) is 11.1 Å². The molecule has 0 bridgehead atoms. The maximum atomic E-state index is 13.3. The third-order valence-electron chi connectivity index (χ3n) is 5.38. The zero-order chi connectivity index (χ0) is 19.8. The fraction of sp³-hybridized carbons (Fsp3) is 0.208. The second-order valence-electron chi connectivity index (χ2n) is 7.09. The molecule has 140 valence electrons. The molecule has 4 heteroatoms. The highest BCUT2D eigenvalue weighted by Crippen LogP contribution is 2.34. The minimum atomic E-state index is -0.247. The van der Waals surface area contributed by atoms with Gasteiger partial charge in [-0.1, -0.05) is 67.9 Å². The molecule has 0 spiro atoms. The first kappa shape index (κ1) is 18.1. The number of nitrogens with zero attached hydrogens (tertiary/aromatic N) is 1. The zero-order valence-corrected chi connectivity index (χ0v) is 16.0. The summed E-state index contributed by atoms with van der Waals surface area (Å²) < 4.78 is 1.87. The van der Waals surface area contributed by atoms with E-state index in [4.69, 9.17) is 0 Å². The van der Waals surface area contributed by atoms with Crippen LogP contribution in [0.3, 0.4) is 0 Å². The first-order valence-corrected chi connectivity index (χ1v) is 9.57. The average Bonchev–Trinajstić information content (AvgIpc) is 3.03. The Morgan fingerprint density at radius 2 is 1.50 bits per heavy atom. The minimum absolute atomic E-state index is 0.184. The van der Waals surface area contributed by atoms with Crippen molar-refractivity contribution in [2.75, 3.05) is 0 Å². The van der Waals surface area contributed by atoms with Gasteiger partial charge in [0, 0.05) is 28.9 Å². The Kier molecular flexibility index (Phi) is 4.55. The van der Waals surface area contributed by atoms with Crippen molar-refractivity contribution in [2.24, 2.45) is 0 Å². The summed E-state index contributed by atoms with van der Waals surface area (Å²) in [5.74, 6) is -0.649. The molecule has 28 heavy (non-hydrogen) atoms. The summed E-state index contributed by atoms with van der Waals surface area (Å²) >= 11 is 0. The lowest BCUT2D eigenvalue weighted by Gasteiger charge is -2.17. The van der Waals surface area contributed by atoms with Crippen LogP contribution in [0.5, 0.6) is 0 Å². The van der Waals surface area contributed by atoms with E-state index in [1.165, 1.54) is 0 Å². The monoisotopic (exact) mass is 371 g/mol. The Bertz CT molecular complexity index is 1110. The van der Waals surface area contributed by atoms with Crippen LogP contribution in [0.2, 0.25) is 0 Å². The van der Waals surface area contributed by atoms with E-state index in [0.717, 1.165) is 12.8 Å². The van der Waals surface area contributed by atoms with Crippen LogP contribution in [-0.4, -0.2) is 21.9 Å². The maximum Gasteiger partial charge on any atom is 0.210 e. The number of hydrogen-bond donors (Lipinski definition) is 0. The molecule has 4 rings (SSSR count). The van der Waals surface area contributed by atoms with Crippen molar-refractivity contribution >= 4 is 17.3 Å². The molecule has 1 aliphatic rings. The number of benzene rings is 2. The van der Waals surface area contributed by atoms with Crippen molar-refractivity contribution < 1.29 is 14.4 Å². The molecule has 0 saturated carbocycles. The fourth-order valence-corrected chi connectivity index (χ4v) is 3.94. The van der Waals surface area contributed by atoms with Crippen LogP contribution in [0.25, 0.3) is 0 Å². The number of rotatable bonds is 5. The molecule has 0 amide bonds. The number of carbonyl (C=O) groups is 3. The molecule has 3 aromatic rings. The normalized spacial score (nSPS) is 12.6.